The average Bonchev–Trinajstić information content (AvgIpc) is 2.92. The molecule has 3 rings (SSSR count). The van der Waals surface area contributed by atoms with Crippen molar-refractivity contribution < 1.29 is 50.9 Å². The van der Waals surface area contributed by atoms with E-state index in [0.717, 1.165) is 35.8 Å². The number of aromatic nitrogens is 1. The van der Waals surface area contributed by atoms with Gasteiger partial charge in [0.05, 0.1) is 5.69 Å². The molecule has 2 aromatic rings. The molecule has 0 aliphatic carbocycles. The third kappa shape index (κ3) is 9.39. The molecule has 0 radical (unpaired) electrons. The molecule has 32 heavy (non-hydrogen) atoms. The summed E-state index contributed by atoms with van der Waals surface area (Å²) in [6.07, 6.45) is -10.2. The van der Waals surface area contributed by atoms with Crippen LogP contribution in [0.4, 0.5) is 26.3 Å². The number of ether oxygens (including phenoxy) is 1. The van der Waals surface area contributed by atoms with E-state index in [1.807, 2.05) is 30.3 Å². The number of carbonyl (C=O) groups is 2. The topological polar surface area (TPSA) is 109 Å². The summed E-state index contributed by atoms with van der Waals surface area (Å²) in [5, 5.41) is 18.3. The Morgan fingerprint density at radius 1 is 1.00 bits per heavy atom. The van der Waals surface area contributed by atoms with Gasteiger partial charge in [-0.25, -0.2) is 14.6 Å². The van der Waals surface area contributed by atoms with Gasteiger partial charge in [-0.1, -0.05) is 29.8 Å². The summed E-state index contributed by atoms with van der Waals surface area (Å²) in [4.78, 5) is 22.4. The van der Waals surface area contributed by atoms with Crippen LogP contribution in [0.5, 0.6) is 5.88 Å². The fourth-order valence-corrected chi connectivity index (χ4v) is 2.17. The zero-order valence-electron chi connectivity index (χ0n) is 15.8. The second-order valence-corrected chi connectivity index (χ2v) is 6.24. The fourth-order valence-electron chi connectivity index (χ4n) is 1.98. The highest BCUT2D eigenvalue weighted by Gasteiger charge is 2.38. The Labute approximate surface area is 181 Å². The molecule has 1 aromatic carbocycles. The van der Waals surface area contributed by atoms with Gasteiger partial charge in [0.25, 0.3) is 0 Å². The Kier molecular flexibility index (Phi) is 9.72. The van der Waals surface area contributed by atoms with E-state index in [1.165, 1.54) is 0 Å². The molecule has 0 atom stereocenters. The van der Waals surface area contributed by atoms with Crippen molar-refractivity contribution in [3.05, 3.63) is 47.0 Å². The molecule has 1 aliphatic heterocycles. The van der Waals surface area contributed by atoms with Gasteiger partial charge in [0.15, 0.2) is 0 Å². The molecule has 0 bridgehead atoms. The minimum Gasteiger partial charge on any atom is -0.476 e. The van der Waals surface area contributed by atoms with Gasteiger partial charge in [-0.05, 0) is 18.2 Å². The highest BCUT2D eigenvalue weighted by Crippen LogP contribution is 2.26. The number of pyridine rings is 1. The normalized spacial score (nSPS) is 13.1. The minimum atomic E-state index is -5.08. The molecule has 0 fully saturated rings. The van der Waals surface area contributed by atoms with Crippen LogP contribution >= 0.6 is 11.6 Å². The molecule has 0 saturated heterocycles. The second kappa shape index (κ2) is 11.5. The van der Waals surface area contributed by atoms with Crippen molar-refractivity contribution in [3.63, 3.8) is 0 Å². The summed E-state index contributed by atoms with van der Waals surface area (Å²) in [6.45, 7) is 2.31. The molecule has 176 valence electrons. The van der Waals surface area contributed by atoms with Gasteiger partial charge in [0.2, 0.25) is 5.88 Å². The van der Waals surface area contributed by atoms with E-state index >= 15 is 0 Å². The van der Waals surface area contributed by atoms with Gasteiger partial charge < -0.3 is 20.3 Å². The van der Waals surface area contributed by atoms with Gasteiger partial charge in [-0.3, -0.25) is 0 Å². The molecule has 0 saturated carbocycles. The van der Waals surface area contributed by atoms with Gasteiger partial charge in [0.1, 0.15) is 6.61 Å². The third-order valence-electron chi connectivity index (χ3n) is 3.38. The number of rotatable bonds is 1. The van der Waals surface area contributed by atoms with Crippen molar-refractivity contribution >= 4 is 23.5 Å². The number of carboxylic acid groups (broad SMARTS) is 2. The fraction of sp³-hybridized carbons (Fsp3) is 0.278. The van der Waals surface area contributed by atoms with Crippen molar-refractivity contribution in [1.82, 2.24) is 10.3 Å². The second-order valence-electron chi connectivity index (χ2n) is 5.80. The molecule has 3 N–H and O–H groups in total. The van der Waals surface area contributed by atoms with Crippen LogP contribution in [0.1, 0.15) is 5.56 Å². The molecule has 1 aliphatic rings. The van der Waals surface area contributed by atoms with Crippen molar-refractivity contribution in [2.75, 3.05) is 13.2 Å². The zero-order chi connectivity index (χ0) is 24.5. The maximum atomic E-state index is 10.6. The number of alkyl halides is 6. The van der Waals surface area contributed by atoms with Crippen LogP contribution < -0.4 is 10.1 Å². The van der Waals surface area contributed by atoms with Gasteiger partial charge in [-0.2, -0.15) is 26.3 Å². The Bertz CT molecular complexity index is 913. The largest absolute Gasteiger partial charge is 0.490 e. The number of benzene rings is 1. The smallest absolute Gasteiger partial charge is 0.476 e. The van der Waals surface area contributed by atoms with E-state index < -0.39 is 24.3 Å². The lowest BCUT2D eigenvalue weighted by molar-refractivity contribution is -0.193. The van der Waals surface area contributed by atoms with Crippen LogP contribution in [-0.2, 0) is 16.1 Å². The summed E-state index contributed by atoms with van der Waals surface area (Å²) >= 11 is 6.00. The minimum absolute atomic E-state index is 0.652. The Morgan fingerprint density at radius 3 is 2.06 bits per heavy atom. The van der Waals surface area contributed by atoms with Crippen molar-refractivity contribution in [3.8, 4) is 17.1 Å². The summed E-state index contributed by atoms with van der Waals surface area (Å²) in [7, 11) is 0. The van der Waals surface area contributed by atoms with Gasteiger partial charge in [-0.15, -0.1) is 0 Å². The Morgan fingerprint density at radius 2 is 1.56 bits per heavy atom. The van der Waals surface area contributed by atoms with E-state index in [0.29, 0.717) is 11.6 Å². The standard InChI is InChI=1S/C14H13ClN2O.2C2HF3O2/c15-12-3-1-2-10(8-12)13-5-4-11-9-16-6-7-18-14(11)17-13;2*3-2(4,5)1(6)7/h1-5,8,16H,6-7,9H2;2*(H,6,7). The molecule has 0 amide bonds. The van der Waals surface area contributed by atoms with Crippen molar-refractivity contribution in [2.24, 2.45) is 0 Å². The lowest BCUT2D eigenvalue weighted by Gasteiger charge is -2.08. The molecule has 0 spiro atoms. The number of hydrogen-bond acceptors (Lipinski definition) is 5. The van der Waals surface area contributed by atoms with Crippen LogP contribution in [-0.4, -0.2) is 52.6 Å². The highest BCUT2D eigenvalue weighted by atomic mass is 35.5. The van der Waals surface area contributed by atoms with E-state index in [2.05, 4.69) is 16.4 Å². The van der Waals surface area contributed by atoms with Crippen LogP contribution in [0.25, 0.3) is 11.3 Å². The van der Waals surface area contributed by atoms with Crippen molar-refractivity contribution in [2.45, 2.75) is 18.9 Å². The molecule has 0 unspecified atom stereocenters. The van der Waals surface area contributed by atoms with Gasteiger partial charge in [0, 0.05) is 29.2 Å². The van der Waals surface area contributed by atoms with Crippen molar-refractivity contribution in [1.29, 1.82) is 0 Å². The summed E-state index contributed by atoms with van der Waals surface area (Å²) in [5.74, 6) is -4.79. The molecule has 1 aromatic heterocycles. The van der Waals surface area contributed by atoms with E-state index in [4.69, 9.17) is 36.1 Å². The summed E-state index contributed by atoms with van der Waals surface area (Å²) in [6, 6.07) is 11.7. The average molecular weight is 489 g/mol. The number of carboxylic acids is 2. The molecule has 7 nitrogen and oxygen atoms in total. The number of halogens is 7. The Balaban J connectivity index is 0.000000305. The maximum absolute atomic E-state index is 10.6. The molecular formula is C18H15ClF6N2O5. The summed E-state index contributed by atoms with van der Waals surface area (Å²) < 4.78 is 69.1. The number of nitrogens with zero attached hydrogens (tertiary/aromatic N) is 1. The highest BCUT2D eigenvalue weighted by molar-refractivity contribution is 6.30. The molecular weight excluding hydrogens is 474 g/mol. The lowest BCUT2D eigenvalue weighted by Crippen LogP contribution is -2.21. The van der Waals surface area contributed by atoms with E-state index in [-0.39, 0.29) is 0 Å². The predicted octanol–water partition coefficient (Wildman–Crippen LogP) is 4.15. The van der Waals surface area contributed by atoms with Crippen LogP contribution in [0.3, 0.4) is 0 Å². The first-order valence-corrected chi connectivity index (χ1v) is 8.79. The number of nitrogens with one attached hydrogen (secondary N) is 1. The van der Waals surface area contributed by atoms with Gasteiger partial charge >= 0.3 is 24.3 Å². The molecule has 14 heteroatoms. The Hall–Kier alpha value is -3.06. The molecule has 2 heterocycles. The number of fused-ring (bicyclic) bond motifs is 1. The summed E-state index contributed by atoms with van der Waals surface area (Å²) in [5.41, 5.74) is 2.99. The van der Waals surface area contributed by atoms with Crippen LogP contribution in [0.15, 0.2) is 36.4 Å². The van der Waals surface area contributed by atoms with Crippen LogP contribution in [0.2, 0.25) is 5.02 Å². The monoisotopic (exact) mass is 488 g/mol. The number of hydrogen-bond donors (Lipinski definition) is 3. The quantitative estimate of drug-likeness (QED) is 0.517. The van der Waals surface area contributed by atoms with Crippen LogP contribution in [0, 0.1) is 0 Å². The lowest BCUT2D eigenvalue weighted by atomic mass is 10.1. The van der Waals surface area contributed by atoms with E-state index in [9.17, 15) is 26.3 Å². The van der Waals surface area contributed by atoms with E-state index in [1.54, 1.807) is 0 Å². The number of aliphatic carboxylic acids is 2. The first-order valence-electron chi connectivity index (χ1n) is 8.41. The third-order valence-corrected chi connectivity index (χ3v) is 3.61. The maximum Gasteiger partial charge on any atom is 0.490 e. The first-order chi connectivity index (χ1) is 14.7. The zero-order valence-corrected chi connectivity index (χ0v) is 16.6. The first kappa shape index (κ1) is 27.0. The predicted molar refractivity (Wildman–Crippen MR) is 99.3 cm³/mol. The SMILES string of the molecule is Clc1cccc(-c2ccc3c(n2)OCCNC3)c1.O=C(O)C(F)(F)F.O=C(O)C(F)(F)F.